The first-order valence-electron chi connectivity index (χ1n) is 9.90. The Hall–Kier alpha value is -2.87. The highest BCUT2D eigenvalue weighted by atomic mass is 16.9. The minimum absolute atomic E-state index is 0.124. The summed E-state index contributed by atoms with van der Waals surface area (Å²) in [7, 11) is 2.90. The number of nitrogens with zero attached hydrogens (tertiary/aromatic N) is 1. The molecule has 4 aliphatic rings. The number of H-pyrrole nitrogens is 2. The maximum absolute atomic E-state index is 12.5. The number of methoxy groups -OCH3 is 2. The van der Waals surface area contributed by atoms with E-state index < -0.39 is 42.5 Å². The summed E-state index contributed by atoms with van der Waals surface area (Å²) in [5.41, 5.74) is -0.0158. The first-order chi connectivity index (χ1) is 15.5. The van der Waals surface area contributed by atoms with Crippen LogP contribution in [0, 0.1) is 0 Å². The molecule has 2 unspecified atom stereocenters. The Kier molecular flexibility index (Phi) is 5.41. The Morgan fingerprint density at radius 1 is 1.03 bits per heavy atom. The molecule has 0 aromatic carbocycles. The third-order valence-corrected chi connectivity index (χ3v) is 5.54. The van der Waals surface area contributed by atoms with Gasteiger partial charge in [0.25, 0.3) is 18.5 Å². The summed E-state index contributed by atoms with van der Waals surface area (Å²) in [5.74, 6) is 0. The normalized spacial score (nSPS) is 28.1. The lowest BCUT2D eigenvalue weighted by Gasteiger charge is -2.25. The summed E-state index contributed by atoms with van der Waals surface area (Å²) >= 11 is 0. The van der Waals surface area contributed by atoms with Crippen molar-refractivity contribution in [1.82, 2.24) is 14.5 Å². The Labute approximate surface area is 179 Å². The SMILES string of the molecule is COC1O[C@H]([C@H]2COC(OC)O2)[C@H](Cn2c3cc(=O)ccc-3cc3c(=O)[nH]c(=O)[nH]c32)O1. The molecule has 2 N–H and O–H groups in total. The number of pyridine rings is 1. The first kappa shape index (κ1) is 21.0. The number of nitrogens with one attached hydrogen (secondary N) is 2. The number of ether oxygens (including phenoxy) is 6. The Balaban J connectivity index is 1.61. The molecule has 12 heteroatoms. The van der Waals surface area contributed by atoms with Crippen LogP contribution in [0.2, 0.25) is 0 Å². The van der Waals surface area contributed by atoms with Gasteiger partial charge in [-0.15, -0.1) is 0 Å². The monoisotopic (exact) mass is 447 g/mol. The molecule has 1 aliphatic carbocycles. The van der Waals surface area contributed by atoms with Gasteiger partial charge in [0.2, 0.25) is 0 Å². The van der Waals surface area contributed by atoms with Gasteiger partial charge in [0.1, 0.15) is 24.0 Å². The van der Waals surface area contributed by atoms with E-state index in [1.165, 1.54) is 26.4 Å². The van der Waals surface area contributed by atoms with Gasteiger partial charge < -0.3 is 33.0 Å². The summed E-state index contributed by atoms with van der Waals surface area (Å²) in [4.78, 5) is 41.5. The molecule has 32 heavy (non-hydrogen) atoms. The molecular weight excluding hydrogens is 426 g/mol. The predicted molar refractivity (Wildman–Crippen MR) is 108 cm³/mol. The van der Waals surface area contributed by atoms with Gasteiger partial charge in [-0.25, -0.2) is 4.79 Å². The van der Waals surface area contributed by atoms with E-state index >= 15 is 0 Å². The fraction of sp³-hybridized carbons (Fsp3) is 0.450. The van der Waals surface area contributed by atoms with Crippen LogP contribution in [0.4, 0.5) is 0 Å². The van der Waals surface area contributed by atoms with Crippen LogP contribution in [0.5, 0.6) is 0 Å². The second-order valence-electron chi connectivity index (χ2n) is 7.48. The van der Waals surface area contributed by atoms with Crippen LogP contribution in [-0.4, -0.2) is 66.6 Å². The van der Waals surface area contributed by atoms with Crippen molar-refractivity contribution in [3.63, 3.8) is 0 Å². The molecule has 1 aromatic rings. The average molecular weight is 447 g/mol. The lowest BCUT2D eigenvalue weighted by atomic mass is 10.0. The Bertz CT molecular complexity index is 1280. The highest BCUT2D eigenvalue weighted by Crippen LogP contribution is 2.31. The number of hydrogen-bond acceptors (Lipinski definition) is 9. The van der Waals surface area contributed by atoms with Crippen LogP contribution in [0.15, 0.2) is 38.6 Å². The third kappa shape index (κ3) is 3.66. The lowest BCUT2D eigenvalue weighted by Crippen LogP contribution is -2.40. The van der Waals surface area contributed by atoms with Crippen molar-refractivity contribution in [3.05, 3.63) is 55.3 Å². The van der Waals surface area contributed by atoms with E-state index in [4.69, 9.17) is 28.4 Å². The van der Waals surface area contributed by atoms with Crippen LogP contribution >= 0.6 is 0 Å². The summed E-state index contributed by atoms with van der Waals surface area (Å²) < 4.78 is 34.8. The van der Waals surface area contributed by atoms with E-state index in [9.17, 15) is 14.4 Å². The summed E-state index contributed by atoms with van der Waals surface area (Å²) in [6.45, 7) is -1.44. The summed E-state index contributed by atoms with van der Waals surface area (Å²) in [6, 6.07) is 6.08. The quantitative estimate of drug-likeness (QED) is 0.497. The number of rotatable bonds is 5. The van der Waals surface area contributed by atoms with E-state index in [1.807, 2.05) is 0 Å². The smallest absolute Gasteiger partial charge is 0.327 e. The summed E-state index contributed by atoms with van der Waals surface area (Å²) in [6.07, 6.45) is -1.74. The van der Waals surface area contributed by atoms with Gasteiger partial charge in [-0.2, -0.15) is 0 Å². The molecule has 0 spiro atoms. The highest BCUT2D eigenvalue weighted by molar-refractivity contribution is 5.82. The van der Waals surface area contributed by atoms with Crippen LogP contribution in [0.1, 0.15) is 0 Å². The average Bonchev–Trinajstić information content (AvgIpc) is 3.41. The van der Waals surface area contributed by atoms with Crippen molar-refractivity contribution in [2.45, 2.75) is 37.8 Å². The molecule has 3 aliphatic heterocycles. The maximum Gasteiger partial charge on any atom is 0.327 e. The second-order valence-corrected chi connectivity index (χ2v) is 7.48. The van der Waals surface area contributed by atoms with Gasteiger partial charge in [-0.05, 0) is 23.8 Å². The molecular formula is C20H21N3O9. The minimum Gasteiger partial charge on any atom is -0.333 e. The van der Waals surface area contributed by atoms with Crippen LogP contribution in [0.25, 0.3) is 22.3 Å². The molecule has 4 heterocycles. The topological polar surface area (TPSA) is 143 Å². The molecule has 2 fully saturated rings. The molecule has 5 rings (SSSR count). The molecule has 5 atom stereocenters. The maximum atomic E-state index is 12.5. The van der Waals surface area contributed by atoms with Gasteiger partial charge in [0.15, 0.2) is 5.43 Å². The van der Waals surface area contributed by atoms with Crippen LogP contribution in [0.3, 0.4) is 0 Å². The van der Waals surface area contributed by atoms with Crippen molar-refractivity contribution in [2.75, 3.05) is 20.8 Å². The van der Waals surface area contributed by atoms with Gasteiger partial charge in [0.05, 0.1) is 24.2 Å². The van der Waals surface area contributed by atoms with Crippen molar-refractivity contribution in [3.8, 4) is 11.3 Å². The fourth-order valence-electron chi connectivity index (χ4n) is 4.10. The van der Waals surface area contributed by atoms with Crippen molar-refractivity contribution >= 4 is 11.0 Å². The van der Waals surface area contributed by atoms with Gasteiger partial charge in [-0.3, -0.25) is 19.6 Å². The van der Waals surface area contributed by atoms with Gasteiger partial charge in [0, 0.05) is 20.3 Å². The summed E-state index contributed by atoms with van der Waals surface area (Å²) in [5, 5.41) is 0.259. The molecule has 0 saturated carbocycles. The molecule has 2 saturated heterocycles. The minimum atomic E-state index is -0.949. The molecule has 1 aromatic heterocycles. The van der Waals surface area contributed by atoms with E-state index in [0.29, 0.717) is 11.3 Å². The van der Waals surface area contributed by atoms with Crippen LogP contribution in [-0.2, 0) is 35.0 Å². The third-order valence-electron chi connectivity index (χ3n) is 5.54. The molecule has 0 radical (unpaired) electrons. The largest absolute Gasteiger partial charge is 0.333 e. The second kappa shape index (κ2) is 8.24. The van der Waals surface area contributed by atoms with E-state index in [1.54, 1.807) is 16.7 Å². The standard InChI is InChI=1S/C20H21N3O9/c1-27-19-29-8-14(31-19)15-13(30-20(28-2)32-15)7-23-12-6-10(24)4-3-9(12)5-11-16(23)21-18(26)22-17(11)25/h3-6,13-15,19-20H,7-8H2,1-2H3,(H2,21,22,25,26)/t13-,14+,15-,19?,20?/m0/s1. The fourth-order valence-corrected chi connectivity index (χ4v) is 4.10. The Morgan fingerprint density at radius 2 is 1.84 bits per heavy atom. The molecule has 12 nitrogen and oxygen atoms in total. The van der Waals surface area contributed by atoms with E-state index in [0.717, 1.165) is 0 Å². The van der Waals surface area contributed by atoms with E-state index in [-0.39, 0.29) is 29.6 Å². The number of benzene rings is 1. The lowest BCUT2D eigenvalue weighted by molar-refractivity contribution is -0.246. The van der Waals surface area contributed by atoms with Gasteiger partial charge >= 0.3 is 5.69 Å². The predicted octanol–water partition coefficient (Wildman–Crippen LogP) is -0.458. The number of aromatic nitrogens is 3. The van der Waals surface area contributed by atoms with E-state index in [2.05, 4.69) is 9.97 Å². The zero-order valence-corrected chi connectivity index (χ0v) is 17.2. The van der Waals surface area contributed by atoms with Crippen molar-refractivity contribution < 1.29 is 28.4 Å². The van der Waals surface area contributed by atoms with Crippen molar-refractivity contribution in [2.24, 2.45) is 0 Å². The number of fused-ring (bicyclic) bond motifs is 2. The molecule has 170 valence electrons. The zero-order valence-electron chi connectivity index (χ0n) is 17.2. The van der Waals surface area contributed by atoms with Crippen molar-refractivity contribution in [1.29, 1.82) is 0 Å². The van der Waals surface area contributed by atoms with Gasteiger partial charge in [-0.1, -0.05) is 0 Å². The number of aromatic amines is 2. The molecule has 0 amide bonds. The molecule has 0 bridgehead atoms. The highest BCUT2D eigenvalue weighted by Gasteiger charge is 2.46. The van der Waals surface area contributed by atoms with Crippen LogP contribution < -0.4 is 16.7 Å². The zero-order chi connectivity index (χ0) is 22.4. The number of hydrogen-bond donors (Lipinski definition) is 2. The Morgan fingerprint density at radius 3 is 2.59 bits per heavy atom. The first-order valence-corrected chi connectivity index (χ1v) is 9.90.